The third-order valence-corrected chi connectivity index (χ3v) is 8.66. The number of hydrogen-bond acceptors (Lipinski definition) is 4. The van der Waals surface area contributed by atoms with Gasteiger partial charge in [-0.15, -0.1) is 22.1 Å². The van der Waals surface area contributed by atoms with Gasteiger partial charge in [0.2, 0.25) is 22.8 Å². The van der Waals surface area contributed by atoms with Gasteiger partial charge in [0.25, 0.3) is 0 Å². The van der Waals surface area contributed by atoms with E-state index in [0.717, 1.165) is 89.4 Å². The minimum absolute atomic E-state index is 0. The second-order valence-corrected chi connectivity index (χ2v) is 11.1. The molecule has 8 bridgehead atoms. The van der Waals surface area contributed by atoms with Crippen molar-refractivity contribution < 1.29 is 29.0 Å². The number of allylic oxidation sites excluding steroid dienone is 5. The fourth-order valence-electron chi connectivity index (χ4n) is 5.96. The van der Waals surface area contributed by atoms with Crippen LogP contribution in [0.15, 0.2) is 43.5 Å². The van der Waals surface area contributed by atoms with Crippen molar-refractivity contribution in [1.82, 2.24) is 9.97 Å². The Bertz CT molecular complexity index is 1960. The van der Waals surface area contributed by atoms with Gasteiger partial charge < -0.3 is 19.4 Å². The van der Waals surface area contributed by atoms with E-state index in [0.29, 0.717) is 12.8 Å². The quantitative estimate of drug-likeness (QED) is 0.248. The van der Waals surface area contributed by atoms with Crippen LogP contribution in [0.2, 0.25) is 0 Å². The molecule has 226 valence electrons. The number of nitrogens with zero attached hydrogens (tertiary/aromatic N) is 2. The Morgan fingerprint density at radius 1 is 0.711 bits per heavy atom. The van der Waals surface area contributed by atoms with Gasteiger partial charge in [-0.05, 0) is 70.4 Å². The van der Waals surface area contributed by atoms with E-state index < -0.39 is 0 Å². The first-order valence-corrected chi connectivity index (χ1v) is 14.6. The van der Waals surface area contributed by atoms with E-state index in [1.54, 1.807) is 0 Å². The maximum absolute atomic E-state index is 12.2. The van der Waals surface area contributed by atoms with Gasteiger partial charge in [-0.3, -0.25) is 9.59 Å². The molecular formula is C36H38MgN4O4+2. The van der Waals surface area contributed by atoms with E-state index in [9.17, 15) is 9.59 Å². The summed E-state index contributed by atoms with van der Waals surface area (Å²) in [5.41, 5.74) is 14.7. The topological polar surface area (TPSA) is 109 Å². The number of ether oxygens (including phenoxy) is 2. The van der Waals surface area contributed by atoms with Crippen LogP contribution in [-0.4, -0.2) is 49.2 Å². The molecule has 2 N–H and O–H groups in total. The van der Waals surface area contributed by atoms with Crippen LogP contribution in [0.4, 0.5) is 0 Å². The standard InChI is InChI=1S/C36H36N4O4.Mg/c1-9-23-19(3)27-15-28-21(5)25(11-13-35(41)43-7)33(39-28)18-34-26(12-14-36(42)44-8)22(6)30(40-34)17-32-24(10-2)20(4)29(38-32)16-31(23)37-27;/h9-10,15-18H,1-2,11-14H2,3-8H3;/q-2;+2/p+2. The summed E-state index contributed by atoms with van der Waals surface area (Å²) in [7, 11) is 2.79. The first kappa shape index (κ1) is 33.7. The number of esters is 2. The Morgan fingerprint density at radius 3 is 1.89 bits per heavy atom. The summed E-state index contributed by atoms with van der Waals surface area (Å²) in [5, 5.41) is 0. The first-order valence-electron chi connectivity index (χ1n) is 14.6. The fourth-order valence-corrected chi connectivity index (χ4v) is 5.96. The number of aromatic nitrogens is 4. The summed E-state index contributed by atoms with van der Waals surface area (Å²) in [4.78, 5) is 41.6. The number of methoxy groups -OCH3 is 2. The maximum Gasteiger partial charge on any atom is 2.00 e. The predicted octanol–water partition coefficient (Wildman–Crippen LogP) is 5.40. The monoisotopic (exact) mass is 614 g/mol. The molecule has 3 aromatic heterocycles. The van der Waals surface area contributed by atoms with Crippen LogP contribution in [0.5, 0.6) is 0 Å². The smallest absolute Gasteiger partial charge is 0.657 e. The van der Waals surface area contributed by atoms with Crippen molar-refractivity contribution in [2.75, 3.05) is 14.2 Å². The van der Waals surface area contributed by atoms with Gasteiger partial charge in [-0.2, -0.15) is 0 Å². The van der Waals surface area contributed by atoms with Crippen molar-refractivity contribution in [3.63, 3.8) is 0 Å². The summed E-state index contributed by atoms with van der Waals surface area (Å²) < 4.78 is 9.88. The minimum Gasteiger partial charge on any atom is -0.657 e. The third kappa shape index (κ3) is 6.46. The minimum atomic E-state index is -0.281. The Hall–Kier alpha value is -4.21. The molecule has 0 aromatic carbocycles. The Morgan fingerprint density at radius 2 is 1.24 bits per heavy atom. The molecule has 0 saturated carbocycles. The van der Waals surface area contributed by atoms with Gasteiger partial charge in [0.15, 0.2) is 0 Å². The summed E-state index contributed by atoms with van der Waals surface area (Å²) in [6.07, 6.45) is 5.12. The van der Waals surface area contributed by atoms with Gasteiger partial charge in [-0.1, -0.05) is 42.0 Å². The second-order valence-electron chi connectivity index (χ2n) is 11.1. The maximum atomic E-state index is 12.2. The molecule has 5 rings (SSSR count). The number of carbonyl (C=O) groups is 2. The number of nitrogens with one attached hydrogen (secondary N) is 2. The SMILES string of the molecule is C=CC1=C(C)c2cc3[n-]c(cc4[nH+]c(cc5[n-]c(cc1[nH+]2)c(C)c5CCC(=O)OC)C(CCC(=O)OC)=C4C)c(C)c3C=C.[Mg+2]. The van der Waals surface area contributed by atoms with Crippen molar-refractivity contribution in [3.05, 3.63) is 88.5 Å². The van der Waals surface area contributed by atoms with Crippen LogP contribution in [0.1, 0.15) is 78.1 Å². The average molecular weight is 615 g/mol. The Balaban J connectivity index is 0.00000461. The summed E-state index contributed by atoms with van der Waals surface area (Å²) in [5.74, 6) is -0.558. The summed E-state index contributed by atoms with van der Waals surface area (Å²) in [6, 6.07) is 8.14. The van der Waals surface area contributed by atoms with Crippen LogP contribution in [0, 0.1) is 13.8 Å². The zero-order valence-electron chi connectivity index (χ0n) is 26.9. The van der Waals surface area contributed by atoms with Crippen molar-refractivity contribution in [2.24, 2.45) is 0 Å². The van der Waals surface area contributed by atoms with E-state index in [1.807, 2.05) is 57.2 Å². The molecule has 8 nitrogen and oxygen atoms in total. The number of fused-ring (bicyclic) bond motifs is 8. The molecule has 9 heteroatoms. The molecule has 0 saturated heterocycles. The van der Waals surface area contributed by atoms with Crippen molar-refractivity contribution in [1.29, 1.82) is 0 Å². The molecule has 2 aliphatic rings. The number of carbonyl (C=O) groups excluding carboxylic acids is 2. The molecule has 45 heavy (non-hydrogen) atoms. The van der Waals surface area contributed by atoms with Crippen LogP contribution in [0.25, 0.3) is 50.4 Å². The molecule has 0 atom stereocenters. The molecule has 5 heterocycles. The molecule has 0 unspecified atom stereocenters. The Labute approximate surface area is 279 Å². The number of aryl methyl sites for hydroxylation is 3. The number of rotatable bonds is 8. The van der Waals surface area contributed by atoms with E-state index in [2.05, 4.69) is 30.0 Å². The summed E-state index contributed by atoms with van der Waals surface area (Å²) >= 11 is 0. The van der Waals surface area contributed by atoms with Crippen LogP contribution >= 0.6 is 0 Å². The van der Waals surface area contributed by atoms with Gasteiger partial charge in [-0.25, -0.2) is 9.97 Å². The van der Waals surface area contributed by atoms with Crippen molar-refractivity contribution in [2.45, 2.75) is 53.4 Å². The normalized spacial score (nSPS) is 12.6. The van der Waals surface area contributed by atoms with E-state index in [1.165, 1.54) is 14.2 Å². The average Bonchev–Trinajstić information content (AvgIpc) is 3.67. The second kappa shape index (κ2) is 13.8. The van der Waals surface area contributed by atoms with Gasteiger partial charge in [0.05, 0.1) is 19.8 Å². The molecule has 0 fully saturated rings. The third-order valence-electron chi connectivity index (χ3n) is 8.66. The Kier molecular flexibility index (Phi) is 10.3. The van der Waals surface area contributed by atoms with Crippen LogP contribution in [0.3, 0.4) is 0 Å². The van der Waals surface area contributed by atoms with Gasteiger partial charge >= 0.3 is 35.0 Å². The van der Waals surface area contributed by atoms with E-state index in [4.69, 9.17) is 19.4 Å². The van der Waals surface area contributed by atoms with Crippen molar-refractivity contribution in [3.8, 4) is 0 Å². The largest absolute Gasteiger partial charge is 2.00 e. The van der Waals surface area contributed by atoms with Crippen LogP contribution < -0.4 is 19.9 Å². The molecule has 0 aliphatic carbocycles. The molecule has 3 aromatic rings. The fraction of sp³-hybridized carbons (Fsp3) is 0.278. The predicted molar refractivity (Wildman–Crippen MR) is 179 cm³/mol. The molecule has 0 radical (unpaired) electrons. The first-order chi connectivity index (χ1) is 21.1. The number of hydrogen-bond donors (Lipinski definition) is 0. The summed E-state index contributed by atoms with van der Waals surface area (Å²) in [6.45, 7) is 16.3. The van der Waals surface area contributed by atoms with Crippen LogP contribution in [-0.2, 0) is 25.5 Å². The number of H-pyrrole nitrogens is 2. The van der Waals surface area contributed by atoms with Crippen molar-refractivity contribution >= 4 is 85.4 Å². The molecular weight excluding hydrogens is 577 g/mol. The van der Waals surface area contributed by atoms with E-state index >= 15 is 0 Å². The molecule has 0 spiro atoms. The van der Waals surface area contributed by atoms with Gasteiger partial charge in [0.1, 0.15) is 0 Å². The van der Waals surface area contributed by atoms with Gasteiger partial charge in [0, 0.05) is 29.6 Å². The molecule has 2 aliphatic heterocycles. The molecule has 0 amide bonds. The van der Waals surface area contributed by atoms with E-state index in [-0.39, 0.29) is 47.8 Å². The number of aromatic amines is 2. The zero-order chi connectivity index (χ0) is 31.7. The zero-order valence-corrected chi connectivity index (χ0v) is 28.4.